The molecule has 84 valence electrons. The number of hydrogen-bond acceptors (Lipinski definition) is 3. The van der Waals surface area contributed by atoms with E-state index in [2.05, 4.69) is 4.72 Å². The maximum absolute atomic E-state index is 11.3. The Morgan fingerprint density at radius 3 is 2.27 bits per heavy atom. The van der Waals surface area contributed by atoms with E-state index in [1.54, 1.807) is 12.1 Å². The Morgan fingerprint density at radius 1 is 1.27 bits per heavy atom. The van der Waals surface area contributed by atoms with Gasteiger partial charge in [-0.05, 0) is 17.7 Å². The average molecular weight is 230 g/mol. The highest BCUT2D eigenvalue weighted by Gasteiger charge is 2.11. The molecule has 0 saturated heterocycles. The maximum atomic E-state index is 11.3. The van der Waals surface area contributed by atoms with E-state index >= 15 is 0 Å². The average Bonchev–Trinajstić information content (AvgIpc) is 2.17. The van der Waals surface area contributed by atoms with E-state index in [1.165, 1.54) is 26.2 Å². The molecule has 1 aromatic carbocycles. The van der Waals surface area contributed by atoms with Gasteiger partial charge in [-0.15, -0.1) is 0 Å². The van der Waals surface area contributed by atoms with Gasteiger partial charge in [0.05, 0.1) is 0 Å². The minimum atomic E-state index is -3.39. The number of nitrogens with one attached hydrogen (secondary N) is 1. The molecule has 6 heteroatoms. The first-order chi connectivity index (χ1) is 6.92. The Hall–Kier alpha value is -1.11. The van der Waals surface area contributed by atoms with Crippen molar-refractivity contribution in [2.75, 3.05) is 14.1 Å². The monoisotopic (exact) mass is 230 g/mol. The van der Waals surface area contributed by atoms with Crippen LogP contribution in [0.4, 0.5) is 0 Å². The van der Waals surface area contributed by atoms with Crippen molar-refractivity contribution in [1.82, 2.24) is 9.03 Å². The lowest BCUT2D eigenvalue weighted by Gasteiger charge is -2.12. The van der Waals surface area contributed by atoms with E-state index in [4.69, 9.17) is 5.11 Å². The van der Waals surface area contributed by atoms with E-state index < -0.39 is 10.2 Å². The lowest BCUT2D eigenvalue weighted by molar-refractivity contribution is 0.475. The van der Waals surface area contributed by atoms with Crippen LogP contribution in [0.1, 0.15) is 5.56 Å². The third-order valence-electron chi connectivity index (χ3n) is 1.88. The van der Waals surface area contributed by atoms with E-state index in [-0.39, 0.29) is 12.3 Å². The van der Waals surface area contributed by atoms with E-state index in [0.717, 1.165) is 9.87 Å². The van der Waals surface area contributed by atoms with Crippen LogP contribution in [0.2, 0.25) is 0 Å². The first-order valence-electron chi connectivity index (χ1n) is 4.37. The SMILES string of the molecule is CN(C)S(=O)(=O)NCc1ccc(O)cc1. The number of nitrogens with zero attached hydrogens (tertiary/aromatic N) is 1. The number of hydrogen-bond donors (Lipinski definition) is 2. The molecule has 0 saturated carbocycles. The molecule has 0 radical (unpaired) electrons. The molecular weight excluding hydrogens is 216 g/mol. The van der Waals surface area contributed by atoms with Crippen molar-refractivity contribution in [3.05, 3.63) is 29.8 Å². The Balaban J connectivity index is 2.62. The highest BCUT2D eigenvalue weighted by atomic mass is 32.2. The zero-order valence-corrected chi connectivity index (χ0v) is 9.45. The van der Waals surface area contributed by atoms with E-state index in [9.17, 15) is 8.42 Å². The van der Waals surface area contributed by atoms with Gasteiger partial charge in [0.2, 0.25) is 0 Å². The van der Waals surface area contributed by atoms with Crippen LogP contribution < -0.4 is 4.72 Å². The molecule has 0 unspecified atom stereocenters. The fourth-order valence-electron chi connectivity index (χ4n) is 0.917. The van der Waals surface area contributed by atoms with Crippen LogP contribution in [-0.2, 0) is 16.8 Å². The number of phenols is 1. The molecule has 2 N–H and O–H groups in total. The van der Waals surface area contributed by atoms with Crippen LogP contribution in [0, 0.1) is 0 Å². The summed E-state index contributed by atoms with van der Waals surface area (Å²) >= 11 is 0. The summed E-state index contributed by atoms with van der Waals surface area (Å²) in [6.45, 7) is 0.209. The number of benzene rings is 1. The second-order valence-corrected chi connectivity index (χ2v) is 5.24. The van der Waals surface area contributed by atoms with Crippen LogP contribution in [0.5, 0.6) is 5.75 Å². The molecular formula is C9H14N2O3S. The molecule has 0 atom stereocenters. The van der Waals surface area contributed by atoms with Crippen molar-refractivity contribution >= 4 is 10.2 Å². The molecule has 0 bridgehead atoms. The van der Waals surface area contributed by atoms with Crippen LogP contribution in [0.15, 0.2) is 24.3 Å². The van der Waals surface area contributed by atoms with Crippen LogP contribution in [-0.4, -0.2) is 31.9 Å². The smallest absolute Gasteiger partial charge is 0.279 e. The Kier molecular flexibility index (Phi) is 3.67. The van der Waals surface area contributed by atoms with Gasteiger partial charge in [0.15, 0.2) is 0 Å². The Bertz CT molecular complexity index is 411. The van der Waals surface area contributed by atoms with Gasteiger partial charge in [0, 0.05) is 20.6 Å². The third-order valence-corrected chi connectivity index (χ3v) is 3.35. The van der Waals surface area contributed by atoms with Crippen molar-refractivity contribution in [1.29, 1.82) is 0 Å². The molecule has 0 aliphatic rings. The molecule has 0 aromatic heterocycles. The van der Waals surface area contributed by atoms with Crippen molar-refractivity contribution in [3.63, 3.8) is 0 Å². The summed E-state index contributed by atoms with van der Waals surface area (Å²) < 4.78 is 26.2. The summed E-state index contributed by atoms with van der Waals surface area (Å²) in [5.74, 6) is 0.161. The largest absolute Gasteiger partial charge is 0.508 e. The third kappa shape index (κ3) is 3.50. The Morgan fingerprint density at radius 2 is 1.80 bits per heavy atom. The summed E-state index contributed by atoms with van der Waals surface area (Å²) in [5, 5.41) is 9.03. The van der Waals surface area contributed by atoms with Crippen LogP contribution in [0.25, 0.3) is 0 Å². The van der Waals surface area contributed by atoms with Crippen molar-refractivity contribution in [3.8, 4) is 5.75 Å². The van der Waals surface area contributed by atoms with Crippen molar-refractivity contribution in [2.24, 2.45) is 0 Å². The lowest BCUT2D eigenvalue weighted by Crippen LogP contribution is -2.35. The highest BCUT2D eigenvalue weighted by molar-refractivity contribution is 7.87. The van der Waals surface area contributed by atoms with Gasteiger partial charge in [0.25, 0.3) is 10.2 Å². The number of aromatic hydroxyl groups is 1. The quantitative estimate of drug-likeness (QED) is 0.781. The van der Waals surface area contributed by atoms with Gasteiger partial charge >= 0.3 is 0 Å². The van der Waals surface area contributed by atoms with Gasteiger partial charge in [-0.2, -0.15) is 17.4 Å². The predicted octanol–water partition coefficient (Wildman–Crippen LogP) is 0.288. The number of phenolic OH excluding ortho intramolecular Hbond substituents is 1. The lowest BCUT2D eigenvalue weighted by atomic mass is 10.2. The van der Waals surface area contributed by atoms with Crippen LogP contribution >= 0.6 is 0 Å². The first kappa shape index (κ1) is 12.0. The van der Waals surface area contributed by atoms with Gasteiger partial charge in [-0.1, -0.05) is 12.1 Å². The second kappa shape index (κ2) is 4.61. The fraction of sp³-hybridized carbons (Fsp3) is 0.333. The summed E-state index contributed by atoms with van der Waals surface area (Å²) in [4.78, 5) is 0. The van der Waals surface area contributed by atoms with Gasteiger partial charge in [0.1, 0.15) is 5.75 Å². The highest BCUT2D eigenvalue weighted by Crippen LogP contribution is 2.09. The molecule has 1 rings (SSSR count). The molecule has 0 amide bonds. The molecule has 0 aliphatic carbocycles. The molecule has 15 heavy (non-hydrogen) atoms. The van der Waals surface area contributed by atoms with Gasteiger partial charge in [-0.25, -0.2) is 0 Å². The van der Waals surface area contributed by atoms with E-state index in [0.29, 0.717) is 0 Å². The summed E-state index contributed by atoms with van der Waals surface area (Å²) in [6.07, 6.45) is 0. The Labute approximate surface area is 89.5 Å². The standard InChI is InChI=1S/C9H14N2O3S/c1-11(2)15(13,14)10-7-8-3-5-9(12)6-4-8/h3-6,10,12H,7H2,1-2H3. The summed E-state index contributed by atoms with van der Waals surface area (Å²) in [7, 11) is -0.471. The normalized spacial score (nSPS) is 11.9. The predicted molar refractivity (Wildman–Crippen MR) is 57.6 cm³/mol. The van der Waals surface area contributed by atoms with Crippen LogP contribution in [0.3, 0.4) is 0 Å². The van der Waals surface area contributed by atoms with Crippen molar-refractivity contribution < 1.29 is 13.5 Å². The minimum absolute atomic E-state index is 0.161. The molecule has 0 fully saturated rings. The number of rotatable bonds is 4. The second-order valence-electron chi connectivity index (χ2n) is 3.27. The van der Waals surface area contributed by atoms with Crippen molar-refractivity contribution in [2.45, 2.75) is 6.54 Å². The van der Waals surface area contributed by atoms with E-state index in [1.807, 2.05) is 0 Å². The molecule has 0 spiro atoms. The minimum Gasteiger partial charge on any atom is -0.508 e. The summed E-state index contributed by atoms with van der Waals surface area (Å²) in [6, 6.07) is 6.35. The molecule has 1 aromatic rings. The molecule has 0 aliphatic heterocycles. The zero-order valence-electron chi connectivity index (χ0n) is 8.64. The van der Waals surface area contributed by atoms with Gasteiger partial charge < -0.3 is 5.11 Å². The molecule has 5 nitrogen and oxygen atoms in total. The first-order valence-corrected chi connectivity index (χ1v) is 5.81. The topological polar surface area (TPSA) is 69.6 Å². The maximum Gasteiger partial charge on any atom is 0.279 e. The van der Waals surface area contributed by atoms with Gasteiger partial charge in [-0.3, -0.25) is 0 Å². The summed E-state index contributed by atoms with van der Waals surface area (Å²) in [5.41, 5.74) is 0.790. The molecule has 0 heterocycles. The fourth-order valence-corrected chi connectivity index (χ4v) is 1.52. The zero-order chi connectivity index (χ0) is 11.5.